The van der Waals surface area contributed by atoms with Gasteiger partial charge in [-0.05, 0) is 61.6 Å². The Morgan fingerprint density at radius 1 is 1.20 bits per heavy atom. The highest BCUT2D eigenvalue weighted by molar-refractivity contribution is 5.26. The second kappa shape index (κ2) is 6.30. The van der Waals surface area contributed by atoms with Gasteiger partial charge in [-0.15, -0.1) is 0 Å². The Bertz CT molecular complexity index is 435. The molecule has 20 heavy (non-hydrogen) atoms. The van der Waals surface area contributed by atoms with Crippen LogP contribution in [-0.4, -0.2) is 13.1 Å². The quantitative estimate of drug-likeness (QED) is 0.846. The molecule has 0 aliphatic heterocycles. The van der Waals surface area contributed by atoms with E-state index in [2.05, 4.69) is 64.3 Å². The van der Waals surface area contributed by atoms with Gasteiger partial charge in [-0.2, -0.15) is 0 Å². The molecule has 0 bridgehead atoms. The van der Waals surface area contributed by atoms with E-state index in [9.17, 15) is 0 Å². The molecule has 0 amide bonds. The van der Waals surface area contributed by atoms with Crippen molar-refractivity contribution in [2.75, 3.05) is 7.05 Å². The van der Waals surface area contributed by atoms with Crippen molar-refractivity contribution in [2.45, 2.75) is 59.4 Å². The van der Waals surface area contributed by atoms with Crippen molar-refractivity contribution in [3.05, 3.63) is 35.4 Å². The van der Waals surface area contributed by atoms with Gasteiger partial charge in [0, 0.05) is 6.04 Å². The first kappa shape index (κ1) is 15.6. The van der Waals surface area contributed by atoms with E-state index < -0.39 is 0 Å². The molecule has 0 radical (unpaired) electrons. The largest absolute Gasteiger partial charge is 0.317 e. The summed E-state index contributed by atoms with van der Waals surface area (Å²) in [5, 5.41) is 3.59. The van der Waals surface area contributed by atoms with E-state index in [4.69, 9.17) is 0 Å². The molecule has 1 aliphatic carbocycles. The van der Waals surface area contributed by atoms with Crippen molar-refractivity contribution >= 4 is 0 Å². The second-order valence-corrected chi connectivity index (χ2v) is 7.51. The normalized spacial score (nSPS) is 27.6. The van der Waals surface area contributed by atoms with E-state index in [1.807, 2.05) is 0 Å². The summed E-state index contributed by atoms with van der Waals surface area (Å²) < 4.78 is 0. The van der Waals surface area contributed by atoms with Gasteiger partial charge in [0.15, 0.2) is 0 Å². The average molecular weight is 273 g/mol. The van der Waals surface area contributed by atoms with Gasteiger partial charge in [0.2, 0.25) is 0 Å². The maximum absolute atomic E-state index is 3.59. The van der Waals surface area contributed by atoms with E-state index in [1.165, 1.54) is 36.8 Å². The lowest BCUT2D eigenvalue weighted by Crippen LogP contribution is -2.46. The number of aryl methyl sites for hydroxylation is 1. The average Bonchev–Trinajstić information content (AvgIpc) is 2.40. The highest BCUT2D eigenvalue weighted by atomic mass is 14.9. The van der Waals surface area contributed by atoms with Crippen molar-refractivity contribution in [1.82, 2.24) is 5.32 Å². The van der Waals surface area contributed by atoms with Crippen LogP contribution >= 0.6 is 0 Å². The van der Waals surface area contributed by atoms with Crippen LogP contribution in [-0.2, 0) is 6.42 Å². The van der Waals surface area contributed by atoms with Gasteiger partial charge < -0.3 is 5.32 Å². The van der Waals surface area contributed by atoms with Crippen LogP contribution in [0.15, 0.2) is 24.3 Å². The van der Waals surface area contributed by atoms with E-state index in [0.29, 0.717) is 11.5 Å². The predicted octanol–water partition coefficient (Wildman–Crippen LogP) is 4.59. The first-order valence-corrected chi connectivity index (χ1v) is 8.16. The van der Waals surface area contributed by atoms with Gasteiger partial charge in [-0.25, -0.2) is 0 Å². The van der Waals surface area contributed by atoms with Crippen molar-refractivity contribution in [1.29, 1.82) is 0 Å². The minimum atomic E-state index is 0.361. The molecule has 112 valence electrons. The summed E-state index contributed by atoms with van der Waals surface area (Å²) in [6, 6.07) is 9.54. The Balaban J connectivity index is 2.14. The SMILES string of the molecule is CNC1CC(C)CCC1C(C)(C)Cc1ccccc1C. The lowest BCUT2D eigenvalue weighted by atomic mass is 9.64. The number of nitrogens with one attached hydrogen (secondary N) is 1. The zero-order valence-corrected chi connectivity index (χ0v) is 13.9. The fourth-order valence-corrected chi connectivity index (χ4v) is 4.07. The molecule has 1 nitrogen and oxygen atoms in total. The van der Waals surface area contributed by atoms with Gasteiger partial charge in [0.05, 0.1) is 0 Å². The summed E-state index contributed by atoms with van der Waals surface area (Å²) in [6.45, 7) is 9.56. The predicted molar refractivity (Wildman–Crippen MR) is 88.0 cm³/mol. The van der Waals surface area contributed by atoms with Crippen LogP contribution in [0.1, 0.15) is 51.2 Å². The third kappa shape index (κ3) is 3.44. The van der Waals surface area contributed by atoms with Crippen LogP contribution in [0.5, 0.6) is 0 Å². The number of hydrogen-bond donors (Lipinski definition) is 1. The Hall–Kier alpha value is -0.820. The molecule has 1 heteroatoms. The van der Waals surface area contributed by atoms with Crippen LogP contribution in [0.4, 0.5) is 0 Å². The molecule has 1 aromatic rings. The molecule has 0 aromatic heterocycles. The van der Waals surface area contributed by atoms with E-state index >= 15 is 0 Å². The summed E-state index contributed by atoms with van der Waals surface area (Å²) in [5.74, 6) is 1.65. The van der Waals surface area contributed by atoms with Crippen molar-refractivity contribution < 1.29 is 0 Å². The van der Waals surface area contributed by atoms with Gasteiger partial charge >= 0.3 is 0 Å². The minimum Gasteiger partial charge on any atom is -0.317 e. The van der Waals surface area contributed by atoms with Crippen LogP contribution in [0.2, 0.25) is 0 Å². The molecule has 1 aromatic carbocycles. The third-order valence-corrected chi connectivity index (χ3v) is 5.39. The second-order valence-electron chi connectivity index (χ2n) is 7.51. The third-order valence-electron chi connectivity index (χ3n) is 5.39. The van der Waals surface area contributed by atoms with E-state index in [-0.39, 0.29) is 0 Å². The number of hydrogen-bond acceptors (Lipinski definition) is 1. The molecular weight excluding hydrogens is 242 g/mol. The Morgan fingerprint density at radius 2 is 1.90 bits per heavy atom. The smallest absolute Gasteiger partial charge is 0.0100 e. The van der Waals surface area contributed by atoms with E-state index in [0.717, 1.165) is 11.8 Å². The highest BCUT2D eigenvalue weighted by Crippen LogP contribution is 2.42. The van der Waals surface area contributed by atoms with E-state index in [1.54, 1.807) is 0 Å². The minimum absolute atomic E-state index is 0.361. The Morgan fingerprint density at radius 3 is 2.55 bits per heavy atom. The molecule has 0 saturated heterocycles. The summed E-state index contributed by atoms with van der Waals surface area (Å²) in [7, 11) is 2.14. The monoisotopic (exact) mass is 273 g/mol. The van der Waals surface area contributed by atoms with Crippen LogP contribution in [0, 0.1) is 24.2 Å². The fourth-order valence-electron chi connectivity index (χ4n) is 4.07. The van der Waals surface area contributed by atoms with Gasteiger partial charge in [-0.1, -0.05) is 51.5 Å². The maximum atomic E-state index is 3.59. The Labute approximate surface area is 125 Å². The fraction of sp³-hybridized carbons (Fsp3) is 0.684. The molecule has 2 rings (SSSR count). The standard InChI is InChI=1S/C19H31N/c1-14-10-11-17(18(12-14)20-5)19(3,4)13-16-9-7-6-8-15(16)2/h6-9,14,17-18,20H,10-13H2,1-5H3. The molecule has 3 unspecified atom stereocenters. The summed E-state index contributed by atoms with van der Waals surface area (Å²) in [5.41, 5.74) is 3.32. The van der Waals surface area contributed by atoms with Crippen LogP contribution in [0.3, 0.4) is 0 Å². The lowest BCUT2D eigenvalue weighted by molar-refractivity contribution is 0.0979. The summed E-state index contributed by atoms with van der Waals surface area (Å²) >= 11 is 0. The molecule has 1 saturated carbocycles. The zero-order chi connectivity index (χ0) is 14.8. The molecule has 1 aliphatic rings. The van der Waals surface area contributed by atoms with Gasteiger partial charge in [-0.3, -0.25) is 0 Å². The van der Waals surface area contributed by atoms with Crippen molar-refractivity contribution in [2.24, 2.45) is 17.3 Å². The first-order chi connectivity index (χ1) is 9.44. The molecular formula is C19H31N. The van der Waals surface area contributed by atoms with Gasteiger partial charge in [0.1, 0.15) is 0 Å². The number of benzene rings is 1. The molecule has 3 atom stereocenters. The van der Waals surface area contributed by atoms with Crippen molar-refractivity contribution in [3.63, 3.8) is 0 Å². The maximum Gasteiger partial charge on any atom is 0.0100 e. The molecule has 0 heterocycles. The van der Waals surface area contributed by atoms with Crippen molar-refractivity contribution in [3.8, 4) is 0 Å². The summed E-state index contributed by atoms with van der Waals surface area (Å²) in [6.07, 6.45) is 5.28. The van der Waals surface area contributed by atoms with Gasteiger partial charge in [0.25, 0.3) is 0 Å². The highest BCUT2D eigenvalue weighted by Gasteiger charge is 2.38. The topological polar surface area (TPSA) is 12.0 Å². The molecule has 0 spiro atoms. The molecule has 1 N–H and O–H groups in total. The molecule has 1 fully saturated rings. The Kier molecular flexibility index (Phi) is 4.90. The zero-order valence-electron chi connectivity index (χ0n) is 13.9. The van der Waals surface area contributed by atoms with Crippen LogP contribution < -0.4 is 5.32 Å². The lowest BCUT2D eigenvalue weighted by Gasteiger charge is -2.44. The first-order valence-electron chi connectivity index (χ1n) is 8.16. The summed E-state index contributed by atoms with van der Waals surface area (Å²) in [4.78, 5) is 0. The van der Waals surface area contributed by atoms with Crippen LogP contribution in [0.25, 0.3) is 0 Å². The number of rotatable bonds is 4.